The van der Waals surface area contributed by atoms with Crippen LogP contribution in [0.25, 0.3) is 0 Å². The van der Waals surface area contributed by atoms with Crippen molar-refractivity contribution in [3.05, 3.63) is 42.2 Å². The number of aromatic nitrogens is 4. The van der Waals surface area contributed by atoms with Crippen molar-refractivity contribution >= 4 is 17.9 Å². The molecule has 0 saturated carbocycles. The van der Waals surface area contributed by atoms with Gasteiger partial charge >= 0.3 is 12.0 Å². The Kier molecular flexibility index (Phi) is 7.41. The average molecular weight is 374 g/mol. The van der Waals surface area contributed by atoms with E-state index in [2.05, 4.69) is 26.2 Å². The number of nitrogens with zero attached hydrogens (tertiary/aromatic N) is 4. The molecule has 2 atom stereocenters. The fourth-order valence-electron chi connectivity index (χ4n) is 2.19. The summed E-state index contributed by atoms with van der Waals surface area (Å²) in [4.78, 5) is 35.9. The monoisotopic (exact) mass is 374 g/mol. The van der Waals surface area contributed by atoms with Crippen molar-refractivity contribution < 1.29 is 19.1 Å². The van der Waals surface area contributed by atoms with Crippen LogP contribution >= 0.6 is 0 Å². The van der Waals surface area contributed by atoms with Crippen molar-refractivity contribution in [1.82, 2.24) is 30.8 Å². The number of carbonyl (C=O) groups excluding carboxylic acids is 3. The molecule has 2 aromatic rings. The highest BCUT2D eigenvalue weighted by Crippen LogP contribution is 2.14. The van der Waals surface area contributed by atoms with E-state index in [4.69, 9.17) is 4.74 Å². The van der Waals surface area contributed by atoms with E-state index in [1.807, 2.05) is 44.2 Å². The van der Waals surface area contributed by atoms with Gasteiger partial charge in [0.25, 0.3) is 5.91 Å². The number of urea groups is 1. The van der Waals surface area contributed by atoms with Crippen LogP contribution in [0.5, 0.6) is 0 Å². The summed E-state index contributed by atoms with van der Waals surface area (Å²) in [6.07, 6.45) is 2.32. The Hall–Kier alpha value is -3.30. The first-order valence-electron chi connectivity index (χ1n) is 8.53. The highest BCUT2D eigenvalue weighted by atomic mass is 16.5. The zero-order chi connectivity index (χ0) is 19.6. The Bertz CT molecular complexity index is 750. The second-order valence-corrected chi connectivity index (χ2v) is 5.93. The maximum atomic E-state index is 12.4. The van der Waals surface area contributed by atoms with Gasteiger partial charge in [0.1, 0.15) is 6.33 Å². The van der Waals surface area contributed by atoms with E-state index in [0.29, 0.717) is 6.42 Å². The Balaban J connectivity index is 1.92. The van der Waals surface area contributed by atoms with E-state index in [-0.39, 0.29) is 6.04 Å². The molecule has 0 fully saturated rings. The molecular formula is C17H22N6O4. The molecule has 0 unspecified atom stereocenters. The van der Waals surface area contributed by atoms with Crippen LogP contribution in [-0.2, 0) is 20.7 Å². The van der Waals surface area contributed by atoms with Gasteiger partial charge in [-0.05, 0) is 29.3 Å². The topological polar surface area (TPSA) is 128 Å². The van der Waals surface area contributed by atoms with Gasteiger partial charge in [0.2, 0.25) is 0 Å². The molecule has 0 radical (unpaired) electrons. The minimum Gasteiger partial charge on any atom is -0.454 e. The summed E-state index contributed by atoms with van der Waals surface area (Å²) in [5.74, 6) is -1.40. The fourth-order valence-corrected chi connectivity index (χ4v) is 2.19. The van der Waals surface area contributed by atoms with Crippen molar-refractivity contribution in [2.45, 2.75) is 38.8 Å². The molecule has 0 bridgehead atoms. The van der Waals surface area contributed by atoms with Crippen LogP contribution < -0.4 is 10.6 Å². The first-order valence-corrected chi connectivity index (χ1v) is 8.53. The summed E-state index contributed by atoms with van der Waals surface area (Å²) in [5, 5.41) is 15.5. The van der Waals surface area contributed by atoms with Gasteiger partial charge in [-0.15, -0.1) is 5.10 Å². The van der Waals surface area contributed by atoms with Crippen molar-refractivity contribution in [3.63, 3.8) is 0 Å². The van der Waals surface area contributed by atoms with Crippen LogP contribution in [0, 0.1) is 0 Å². The van der Waals surface area contributed by atoms with Crippen LogP contribution in [0.1, 0.15) is 31.9 Å². The highest BCUT2D eigenvalue weighted by Gasteiger charge is 2.25. The van der Waals surface area contributed by atoms with Crippen LogP contribution in [-0.4, -0.2) is 50.8 Å². The Labute approximate surface area is 156 Å². The van der Waals surface area contributed by atoms with E-state index in [1.54, 1.807) is 0 Å². The number of hydrogen-bond donors (Lipinski definition) is 2. The number of benzene rings is 1. The van der Waals surface area contributed by atoms with Gasteiger partial charge in [0, 0.05) is 12.5 Å². The number of esters is 1. The molecule has 0 aliphatic carbocycles. The van der Waals surface area contributed by atoms with E-state index in [0.717, 1.165) is 12.0 Å². The molecule has 2 rings (SSSR count). The third-order valence-corrected chi connectivity index (χ3v) is 3.82. The van der Waals surface area contributed by atoms with Gasteiger partial charge in [0.15, 0.2) is 12.6 Å². The Morgan fingerprint density at radius 2 is 1.96 bits per heavy atom. The third kappa shape index (κ3) is 6.49. The molecule has 0 aliphatic rings. The number of amides is 3. The first kappa shape index (κ1) is 20.0. The van der Waals surface area contributed by atoms with Crippen LogP contribution in [0.15, 0.2) is 36.7 Å². The zero-order valence-electron chi connectivity index (χ0n) is 15.2. The second kappa shape index (κ2) is 10.00. The number of carbonyl (C=O) groups is 3. The molecule has 3 amide bonds. The quantitative estimate of drug-likeness (QED) is 0.648. The van der Waals surface area contributed by atoms with Crippen molar-refractivity contribution in [1.29, 1.82) is 0 Å². The largest absolute Gasteiger partial charge is 0.454 e. The molecule has 1 aromatic carbocycles. The van der Waals surface area contributed by atoms with E-state index in [1.165, 1.54) is 11.0 Å². The van der Waals surface area contributed by atoms with Crippen molar-refractivity contribution in [2.75, 3.05) is 6.61 Å². The standard InChI is InChI=1S/C17H22N6O4/c1-3-12(2)19-17(26)20-15(24)10-27-16(25)14(23-11-18-21-22-23)9-13-7-5-4-6-8-13/h4-8,11-12,14H,3,9-10H2,1-2H3,(H2,19,20,24,26)/t12-,14-/m1/s1. The molecular weight excluding hydrogens is 352 g/mol. The predicted molar refractivity (Wildman–Crippen MR) is 94.4 cm³/mol. The number of ether oxygens (including phenoxy) is 1. The van der Waals surface area contributed by atoms with Gasteiger partial charge in [-0.1, -0.05) is 37.3 Å². The lowest BCUT2D eigenvalue weighted by Crippen LogP contribution is -2.44. The lowest BCUT2D eigenvalue weighted by Gasteiger charge is -2.16. The normalized spacial score (nSPS) is 12.7. The third-order valence-electron chi connectivity index (χ3n) is 3.82. The summed E-state index contributed by atoms with van der Waals surface area (Å²) < 4.78 is 6.31. The molecule has 1 aromatic heterocycles. The van der Waals surface area contributed by atoms with Crippen molar-refractivity contribution in [3.8, 4) is 0 Å². The smallest absolute Gasteiger partial charge is 0.331 e. The molecule has 1 heterocycles. The van der Waals surface area contributed by atoms with E-state index in [9.17, 15) is 14.4 Å². The van der Waals surface area contributed by atoms with Crippen molar-refractivity contribution in [2.24, 2.45) is 0 Å². The molecule has 144 valence electrons. The fraction of sp³-hybridized carbons (Fsp3) is 0.412. The van der Waals surface area contributed by atoms with Gasteiger partial charge in [0.05, 0.1) is 0 Å². The number of tetrazole rings is 1. The number of rotatable bonds is 8. The number of hydrogen-bond acceptors (Lipinski definition) is 7. The highest BCUT2D eigenvalue weighted by molar-refractivity contribution is 5.95. The number of nitrogens with one attached hydrogen (secondary N) is 2. The average Bonchev–Trinajstić information content (AvgIpc) is 3.19. The minimum atomic E-state index is -0.829. The molecule has 0 saturated heterocycles. The van der Waals surface area contributed by atoms with Gasteiger partial charge in [-0.3, -0.25) is 10.1 Å². The maximum Gasteiger partial charge on any atom is 0.331 e. The van der Waals surface area contributed by atoms with E-state index >= 15 is 0 Å². The van der Waals surface area contributed by atoms with E-state index < -0.39 is 30.6 Å². The number of imide groups is 1. The van der Waals surface area contributed by atoms with Crippen LogP contribution in [0.3, 0.4) is 0 Å². The molecule has 0 spiro atoms. The summed E-state index contributed by atoms with van der Waals surface area (Å²) in [6.45, 7) is 3.13. The maximum absolute atomic E-state index is 12.4. The molecule has 10 nitrogen and oxygen atoms in total. The Morgan fingerprint density at radius 1 is 1.22 bits per heavy atom. The minimum absolute atomic E-state index is 0.0737. The summed E-state index contributed by atoms with van der Waals surface area (Å²) in [7, 11) is 0. The van der Waals surface area contributed by atoms with Gasteiger partial charge in [-0.2, -0.15) is 0 Å². The predicted octanol–water partition coefficient (Wildman–Crippen LogP) is 0.624. The lowest BCUT2D eigenvalue weighted by atomic mass is 10.1. The molecule has 27 heavy (non-hydrogen) atoms. The molecule has 10 heteroatoms. The Morgan fingerprint density at radius 3 is 2.59 bits per heavy atom. The summed E-state index contributed by atoms with van der Waals surface area (Å²) in [5.41, 5.74) is 0.882. The second-order valence-electron chi connectivity index (χ2n) is 5.93. The first-order chi connectivity index (χ1) is 13.0. The van der Waals surface area contributed by atoms with Crippen LogP contribution in [0.4, 0.5) is 4.79 Å². The van der Waals surface area contributed by atoms with Gasteiger partial charge in [-0.25, -0.2) is 14.3 Å². The molecule has 0 aliphatic heterocycles. The van der Waals surface area contributed by atoms with Crippen LogP contribution in [0.2, 0.25) is 0 Å². The van der Waals surface area contributed by atoms with Gasteiger partial charge < -0.3 is 10.1 Å². The lowest BCUT2D eigenvalue weighted by molar-refractivity contribution is -0.152. The molecule has 2 N–H and O–H groups in total. The summed E-state index contributed by atoms with van der Waals surface area (Å²) in [6, 6.07) is 7.74. The zero-order valence-corrected chi connectivity index (χ0v) is 15.2. The summed E-state index contributed by atoms with van der Waals surface area (Å²) >= 11 is 0. The SMILES string of the molecule is CC[C@@H](C)NC(=O)NC(=O)COC(=O)[C@@H](Cc1ccccc1)n1cnnn1.